The zero-order valence-electron chi connectivity index (χ0n) is 8.78. The molecule has 2 aromatic carbocycles. The van der Waals surface area contributed by atoms with Crippen LogP contribution in [-0.4, -0.2) is 0 Å². The van der Waals surface area contributed by atoms with Crippen molar-refractivity contribution in [3.05, 3.63) is 64.1 Å². The van der Waals surface area contributed by atoms with Crippen LogP contribution in [0.25, 0.3) is 17.2 Å². The first-order chi connectivity index (χ1) is 7.83. The lowest BCUT2D eigenvalue weighted by Crippen LogP contribution is -1.83. The van der Waals surface area contributed by atoms with Crippen LogP contribution in [0.3, 0.4) is 0 Å². The number of rotatable bonds is 1. The molecule has 0 amide bonds. The molecule has 0 bridgehead atoms. The van der Waals surface area contributed by atoms with E-state index in [0.717, 1.165) is 6.42 Å². The van der Waals surface area contributed by atoms with Gasteiger partial charge in [0.05, 0.1) is 0 Å². The maximum atomic E-state index is 3.56. The number of hydrogen-bond acceptors (Lipinski definition) is 0. The number of hydrogen-bond donors (Lipinski definition) is 0. The van der Waals surface area contributed by atoms with E-state index >= 15 is 0 Å². The quantitative estimate of drug-likeness (QED) is 0.708. The molecule has 3 rings (SSSR count). The van der Waals surface area contributed by atoms with Gasteiger partial charge in [0.15, 0.2) is 0 Å². The van der Waals surface area contributed by atoms with Gasteiger partial charge in [-0.2, -0.15) is 0 Å². The molecular formula is C15H11Br. The standard InChI is InChI=1S/C15H11Br/c16-15-9-13-7-6-12(8-14(13)10-15)11-4-2-1-3-5-11/h1-8,10H,9H2. The van der Waals surface area contributed by atoms with Gasteiger partial charge >= 0.3 is 0 Å². The second-order valence-electron chi connectivity index (χ2n) is 4.05. The Morgan fingerprint density at radius 1 is 0.875 bits per heavy atom. The lowest BCUT2D eigenvalue weighted by molar-refractivity contribution is 1.30. The number of halogens is 1. The number of benzene rings is 2. The van der Waals surface area contributed by atoms with Gasteiger partial charge in [-0.1, -0.05) is 58.4 Å². The third kappa shape index (κ3) is 1.72. The second kappa shape index (κ2) is 3.91. The van der Waals surface area contributed by atoms with E-state index in [1.54, 1.807) is 0 Å². The highest BCUT2D eigenvalue weighted by Gasteiger charge is 2.11. The van der Waals surface area contributed by atoms with Gasteiger partial charge in [-0.05, 0) is 34.4 Å². The monoisotopic (exact) mass is 270 g/mol. The zero-order valence-corrected chi connectivity index (χ0v) is 10.4. The van der Waals surface area contributed by atoms with Crippen LogP contribution in [0.2, 0.25) is 0 Å². The smallest absolute Gasteiger partial charge is 0.00468 e. The molecule has 1 aliphatic carbocycles. The summed E-state index contributed by atoms with van der Waals surface area (Å²) in [4.78, 5) is 0. The first kappa shape index (κ1) is 9.86. The molecule has 16 heavy (non-hydrogen) atoms. The summed E-state index contributed by atoms with van der Waals surface area (Å²) in [5.74, 6) is 0. The first-order valence-corrected chi connectivity index (χ1v) is 6.17. The summed E-state index contributed by atoms with van der Waals surface area (Å²) in [7, 11) is 0. The lowest BCUT2D eigenvalue weighted by atomic mass is 10.0. The normalized spacial score (nSPS) is 13.4. The molecule has 0 unspecified atom stereocenters. The molecular weight excluding hydrogens is 260 g/mol. The van der Waals surface area contributed by atoms with E-state index in [1.807, 2.05) is 6.07 Å². The summed E-state index contributed by atoms with van der Waals surface area (Å²) in [5, 5.41) is 0. The predicted molar refractivity (Wildman–Crippen MR) is 72.5 cm³/mol. The molecule has 0 heterocycles. The summed E-state index contributed by atoms with van der Waals surface area (Å²) >= 11 is 3.56. The zero-order chi connectivity index (χ0) is 11.0. The van der Waals surface area contributed by atoms with Crippen molar-refractivity contribution in [2.75, 3.05) is 0 Å². The van der Waals surface area contributed by atoms with E-state index in [1.165, 1.54) is 26.7 Å². The van der Waals surface area contributed by atoms with E-state index in [4.69, 9.17) is 0 Å². The Labute approximate surface area is 104 Å². The summed E-state index contributed by atoms with van der Waals surface area (Å²) < 4.78 is 1.27. The van der Waals surface area contributed by atoms with Gasteiger partial charge < -0.3 is 0 Å². The average Bonchev–Trinajstić information content (AvgIpc) is 2.69. The SMILES string of the molecule is BrC1=Cc2cc(-c3ccccc3)ccc2C1. The first-order valence-electron chi connectivity index (χ1n) is 5.37. The van der Waals surface area contributed by atoms with Crippen LogP contribution >= 0.6 is 15.9 Å². The van der Waals surface area contributed by atoms with Crippen LogP contribution in [0.4, 0.5) is 0 Å². The molecule has 78 valence electrons. The highest BCUT2D eigenvalue weighted by molar-refractivity contribution is 9.11. The molecule has 0 N–H and O–H groups in total. The topological polar surface area (TPSA) is 0 Å². The molecule has 2 aromatic rings. The van der Waals surface area contributed by atoms with Crippen LogP contribution in [0.15, 0.2) is 53.0 Å². The third-order valence-electron chi connectivity index (χ3n) is 2.92. The maximum Gasteiger partial charge on any atom is 0.00468 e. The van der Waals surface area contributed by atoms with Crippen LogP contribution in [0.1, 0.15) is 11.1 Å². The van der Waals surface area contributed by atoms with Crippen molar-refractivity contribution in [3.63, 3.8) is 0 Å². The fourth-order valence-corrected chi connectivity index (χ4v) is 2.65. The molecule has 1 aliphatic rings. The Morgan fingerprint density at radius 2 is 1.69 bits per heavy atom. The average molecular weight is 271 g/mol. The minimum Gasteiger partial charge on any atom is -0.0622 e. The van der Waals surface area contributed by atoms with Gasteiger partial charge in [0.1, 0.15) is 0 Å². The van der Waals surface area contributed by atoms with Crippen molar-refractivity contribution in [1.82, 2.24) is 0 Å². The van der Waals surface area contributed by atoms with Gasteiger partial charge in [-0.25, -0.2) is 0 Å². The van der Waals surface area contributed by atoms with Gasteiger partial charge in [0.2, 0.25) is 0 Å². The molecule has 0 nitrogen and oxygen atoms in total. The van der Waals surface area contributed by atoms with Crippen molar-refractivity contribution in [2.45, 2.75) is 6.42 Å². The van der Waals surface area contributed by atoms with Gasteiger partial charge in [0.25, 0.3) is 0 Å². The maximum absolute atomic E-state index is 3.56. The number of allylic oxidation sites excluding steroid dienone is 1. The molecule has 0 saturated carbocycles. The summed E-state index contributed by atoms with van der Waals surface area (Å²) in [6.07, 6.45) is 3.24. The molecule has 0 aliphatic heterocycles. The van der Waals surface area contributed by atoms with Gasteiger partial charge in [-0.3, -0.25) is 0 Å². The Hall–Kier alpha value is -1.34. The second-order valence-corrected chi connectivity index (χ2v) is 5.07. The largest absolute Gasteiger partial charge is 0.0622 e. The van der Waals surface area contributed by atoms with Crippen molar-refractivity contribution >= 4 is 22.0 Å². The fourth-order valence-electron chi connectivity index (χ4n) is 2.10. The van der Waals surface area contributed by atoms with Crippen molar-refractivity contribution < 1.29 is 0 Å². The molecule has 0 spiro atoms. The molecule has 0 saturated heterocycles. The minimum atomic E-state index is 1.03. The van der Waals surface area contributed by atoms with Crippen LogP contribution in [0, 0.1) is 0 Å². The van der Waals surface area contributed by atoms with Crippen molar-refractivity contribution in [1.29, 1.82) is 0 Å². The van der Waals surface area contributed by atoms with E-state index in [9.17, 15) is 0 Å². The third-order valence-corrected chi connectivity index (χ3v) is 3.43. The highest BCUT2D eigenvalue weighted by atomic mass is 79.9. The van der Waals surface area contributed by atoms with Crippen molar-refractivity contribution in [3.8, 4) is 11.1 Å². The molecule has 0 fully saturated rings. The van der Waals surface area contributed by atoms with Crippen molar-refractivity contribution in [2.24, 2.45) is 0 Å². The predicted octanol–water partition coefficient (Wildman–Crippen LogP) is 4.65. The molecule has 0 aromatic heterocycles. The number of fused-ring (bicyclic) bond motifs is 1. The van der Waals surface area contributed by atoms with Crippen LogP contribution < -0.4 is 0 Å². The summed E-state index contributed by atoms with van der Waals surface area (Å²) in [5.41, 5.74) is 5.32. The molecule has 0 radical (unpaired) electrons. The van der Waals surface area contributed by atoms with E-state index in [0.29, 0.717) is 0 Å². The Morgan fingerprint density at radius 3 is 2.50 bits per heavy atom. The van der Waals surface area contributed by atoms with Crippen LogP contribution in [-0.2, 0) is 6.42 Å². The Kier molecular flexibility index (Phi) is 2.41. The highest BCUT2D eigenvalue weighted by Crippen LogP contribution is 2.31. The lowest BCUT2D eigenvalue weighted by Gasteiger charge is -2.04. The molecule has 0 atom stereocenters. The van der Waals surface area contributed by atoms with Gasteiger partial charge in [0, 0.05) is 10.9 Å². The van der Waals surface area contributed by atoms with E-state index in [2.05, 4.69) is 64.5 Å². The Bertz CT molecular complexity index is 553. The molecule has 1 heteroatoms. The fraction of sp³-hybridized carbons (Fsp3) is 0.0667. The Balaban J connectivity index is 2.08. The van der Waals surface area contributed by atoms with Crippen LogP contribution in [0.5, 0.6) is 0 Å². The minimum absolute atomic E-state index is 1.03. The van der Waals surface area contributed by atoms with Gasteiger partial charge in [-0.15, -0.1) is 0 Å². The van der Waals surface area contributed by atoms with E-state index < -0.39 is 0 Å². The van der Waals surface area contributed by atoms with E-state index in [-0.39, 0.29) is 0 Å². The summed E-state index contributed by atoms with van der Waals surface area (Å²) in [6.45, 7) is 0. The summed E-state index contributed by atoms with van der Waals surface area (Å²) in [6, 6.07) is 17.2.